The lowest BCUT2D eigenvalue weighted by molar-refractivity contribution is -0.126. The third-order valence-electron chi connectivity index (χ3n) is 5.65. The summed E-state index contributed by atoms with van der Waals surface area (Å²) < 4.78 is 5.45. The van der Waals surface area contributed by atoms with Crippen molar-refractivity contribution >= 4 is 30.7 Å². The van der Waals surface area contributed by atoms with E-state index in [1.807, 2.05) is 6.07 Å². The monoisotopic (exact) mass is 417 g/mol. The van der Waals surface area contributed by atoms with E-state index < -0.39 is 0 Å². The minimum absolute atomic E-state index is 0. The summed E-state index contributed by atoms with van der Waals surface area (Å²) in [5.41, 5.74) is 1.36. The van der Waals surface area contributed by atoms with Crippen LogP contribution in [0.1, 0.15) is 31.2 Å². The molecule has 2 fully saturated rings. The van der Waals surface area contributed by atoms with Gasteiger partial charge in [-0.05, 0) is 50.9 Å². The van der Waals surface area contributed by atoms with Gasteiger partial charge >= 0.3 is 0 Å². The van der Waals surface area contributed by atoms with Crippen molar-refractivity contribution in [2.75, 3.05) is 39.9 Å². The molecule has 2 heterocycles. The standard InChI is InChI=1S/C20H31N3O2.2ClH/c1-25-16-20(9-11-21-12-10-20)15-22-19(24)18-8-5-13-23(18)14-17-6-3-2-4-7-17;;/h2-4,6-7,18,21H,5,8-16H2,1H3,(H,22,24);2*1H. The van der Waals surface area contributed by atoms with E-state index in [0.29, 0.717) is 6.61 Å². The smallest absolute Gasteiger partial charge is 0.237 e. The molecule has 3 rings (SSSR count). The van der Waals surface area contributed by atoms with Crippen LogP contribution >= 0.6 is 24.8 Å². The van der Waals surface area contributed by atoms with Gasteiger partial charge in [0, 0.05) is 25.6 Å². The molecule has 0 bridgehead atoms. The Morgan fingerprint density at radius 3 is 2.63 bits per heavy atom. The first-order valence-electron chi connectivity index (χ1n) is 9.48. The molecule has 7 heteroatoms. The minimum Gasteiger partial charge on any atom is -0.384 e. The van der Waals surface area contributed by atoms with Crippen LogP contribution in [0.15, 0.2) is 30.3 Å². The molecule has 154 valence electrons. The fourth-order valence-electron chi connectivity index (χ4n) is 4.16. The van der Waals surface area contributed by atoms with Gasteiger partial charge in [0.1, 0.15) is 0 Å². The Labute approximate surface area is 175 Å². The maximum Gasteiger partial charge on any atom is 0.237 e. The average molecular weight is 418 g/mol. The van der Waals surface area contributed by atoms with E-state index in [1.54, 1.807) is 7.11 Å². The van der Waals surface area contributed by atoms with Gasteiger partial charge in [0.25, 0.3) is 0 Å². The second-order valence-corrected chi connectivity index (χ2v) is 7.51. The SMILES string of the molecule is COCC1(CNC(=O)C2CCCN2Cc2ccccc2)CCNCC1.Cl.Cl. The van der Waals surface area contributed by atoms with Crippen molar-refractivity contribution in [3.05, 3.63) is 35.9 Å². The Balaban J connectivity index is 0.00000182. The second-order valence-electron chi connectivity index (χ2n) is 7.51. The number of ether oxygens (including phenoxy) is 1. The molecule has 0 spiro atoms. The van der Waals surface area contributed by atoms with E-state index in [9.17, 15) is 4.79 Å². The predicted molar refractivity (Wildman–Crippen MR) is 114 cm³/mol. The zero-order valence-corrected chi connectivity index (χ0v) is 17.7. The topological polar surface area (TPSA) is 53.6 Å². The van der Waals surface area contributed by atoms with E-state index in [4.69, 9.17) is 4.74 Å². The number of carbonyl (C=O) groups excluding carboxylic acids is 1. The summed E-state index contributed by atoms with van der Waals surface area (Å²) in [5.74, 6) is 0.183. The molecule has 1 unspecified atom stereocenters. The third-order valence-corrected chi connectivity index (χ3v) is 5.65. The van der Waals surface area contributed by atoms with Gasteiger partial charge in [-0.15, -0.1) is 24.8 Å². The maximum atomic E-state index is 12.8. The normalized spacial score (nSPS) is 21.7. The largest absolute Gasteiger partial charge is 0.384 e. The highest BCUT2D eigenvalue weighted by Crippen LogP contribution is 2.28. The number of benzene rings is 1. The van der Waals surface area contributed by atoms with Crippen LogP contribution in [0.4, 0.5) is 0 Å². The predicted octanol–water partition coefficient (Wildman–Crippen LogP) is 2.63. The summed E-state index contributed by atoms with van der Waals surface area (Å²) in [7, 11) is 1.75. The first-order valence-corrected chi connectivity index (χ1v) is 9.48. The van der Waals surface area contributed by atoms with Gasteiger partial charge in [-0.2, -0.15) is 0 Å². The molecule has 1 aromatic rings. The van der Waals surface area contributed by atoms with Gasteiger partial charge in [0.05, 0.1) is 12.6 Å². The van der Waals surface area contributed by atoms with Gasteiger partial charge in [-0.1, -0.05) is 30.3 Å². The number of amides is 1. The van der Waals surface area contributed by atoms with Gasteiger partial charge in [-0.25, -0.2) is 0 Å². The van der Waals surface area contributed by atoms with Crippen LogP contribution in [0.5, 0.6) is 0 Å². The highest BCUT2D eigenvalue weighted by molar-refractivity contribution is 5.85. The van der Waals surface area contributed by atoms with E-state index in [-0.39, 0.29) is 42.2 Å². The fourth-order valence-corrected chi connectivity index (χ4v) is 4.16. The summed E-state index contributed by atoms with van der Waals surface area (Å²) >= 11 is 0. The number of nitrogens with zero attached hydrogens (tertiary/aromatic N) is 1. The molecule has 2 aliphatic rings. The van der Waals surface area contributed by atoms with Crippen molar-refractivity contribution in [3.8, 4) is 0 Å². The van der Waals surface area contributed by atoms with Crippen molar-refractivity contribution in [2.45, 2.75) is 38.3 Å². The fraction of sp³-hybridized carbons (Fsp3) is 0.650. The molecule has 2 aliphatic heterocycles. The van der Waals surface area contributed by atoms with Crippen LogP contribution < -0.4 is 10.6 Å². The molecular formula is C20H33Cl2N3O2. The third kappa shape index (κ3) is 6.61. The van der Waals surface area contributed by atoms with Gasteiger partial charge in [0.15, 0.2) is 0 Å². The number of piperidine rings is 1. The zero-order valence-electron chi connectivity index (χ0n) is 16.1. The first-order chi connectivity index (χ1) is 12.2. The molecule has 2 saturated heterocycles. The van der Waals surface area contributed by atoms with E-state index in [2.05, 4.69) is 39.8 Å². The molecule has 0 aliphatic carbocycles. The van der Waals surface area contributed by atoms with Crippen molar-refractivity contribution in [2.24, 2.45) is 5.41 Å². The Bertz CT molecular complexity index is 548. The number of rotatable bonds is 7. The first kappa shape index (κ1) is 24.2. The van der Waals surface area contributed by atoms with E-state index in [0.717, 1.165) is 58.4 Å². The number of halogens is 2. The summed E-state index contributed by atoms with van der Waals surface area (Å²) in [5, 5.41) is 6.65. The lowest BCUT2D eigenvalue weighted by Gasteiger charge is -2.37. The summed E-state index contributed by atoms with van der Waals surface area (Å²) in [6, 6.07) is 10.4. The van der Waals surface area contributed by atoms with Gasteiger partial charge in [0.2, 0.25) is 5.91 Å². The van der Waals surface area contributed by atoms with Gasteiger partial charge < -0.3 is 15.4 Å². The highest BCUT2D eigenvalue weighted by atomic mass is 35.5. The number of nitrogens with one attached hydrogen (secondary N) is 2. The quantitative estimate of drug-likeness (QED) is 0.715. The van der Waals surface area contributed by atoms with Gasteiger partial charge in [-0.3, -0.25) is 9.69 Å². The lowest BCUT2D eigenvalue weighted by atomic mass is 9.79. The maximum absolute atomic E-state index is 12.8. The second kappa shape index (κ2) is 11.9. The van der Waals surface area contributed by atoms with Crippen LogP contribution in [0.25, 0.3) is 0 Å². The number of hydrogen-bond donors (Lipinski definition) is 2. The summed E-state index contributed by atoms with van der Waals surface area (Å²) in [4.78, 5) is 15.1. The van der Waals surface area contributed by atoms with E-state index >= 15 is 0 Å². The number of carbonyl (C=O) groups is 1. The molecule has 1 atom stereocenters. The van der Waals surface area contributed by atoms with Crippen molar-refractivity contribution in [3.63, 3.8) is 0 Å². The average Bonchev–Trinajstić information content (AvgIpc) is 3.10. The molecule has 2 N–H and O–H groups in total. The number of hydrogen-bond acceptors (Lipinski definition) is 4. The number of methoxy groups -OCH3 is 1. The minimum atomic E-state index is 0. The Kier molecular flexibility index (Phi) is 10.6. The van der Waals surface area contributed by atoms with Crippen LogP contribution in [-0.4, -0.2) is 56.7 Å². The van der Waals surface area contributed by atoms with Crippen molar-refractivity contribution in [1.29, 1.82) is 0 Å². The van der Waals surface area contributed by atoms with Crippen molar-refractivity contribution < 1.29 is 9.53 Å². The molecule has 0 radical (unpaired) electrons. The van der Waals surface area contributed by atoms with Crippen LogP contribution in [0.2, 0.25) is 0 Å². The Hall–Kier alpha value is -0.850. The molecule has 1 aromatic carbocycles. The molecule has 0 aromatic heterocycles. The molecule has 0 saturated carbocycles. The van der Waals surface area contributed by atoms with Crippen LogP contribution in [-0.2, 0) is 16.1 Å². The molecule has 27 heavy (non-hydrogen) atoms. The zero-order chi connectivity index (χ0) is 17.5. The van der Waals surface area contributed by atoms with Crippen LogP contribution in [0, 0.1) is 5.41 Å². The Morgan fingerprint density at radius 2 is 1.96 bits per heavy atom. The van der Waals surface area contributed by atoms with Crippen molar-refractivity contribution in [1.82, 2.24) is 15.5 Å². The summed E-state index contributed by atoms with van der Waals surface area (Å²) in [6.45, 7) is 5.29. The number of likely N-dealkylation sites (tertiary alicyclic amines) is 1. The molecular weight excluding hydrogens is 385 g/mol. The lowest BCUT2D eigenvalue weighted by Crippen LogP contribution is -2.50. The molecule has 5 nitrogen and oxygen atoms in total. The van der Waals surface area contributed by atoms with E-state index in [1.165, 1.54) is 5.56 Å². The molecule has 1 amide bonds. The summed E-state index contributed by atoms with van der Waals surface area (Å²) in [6.07, 6.45) is 4.16. The van der Waals surface area contributed by atoms with Crippen LogP contribution in [0.3, 0.4) is 0 Å². The highest BCUT2D eigenvalue weighted by Gasteiger charge is 2.35. The Morgan fingerprint density at radius 1 is 1.26 bits per heavy atom.